The second-order valence-corrected chi connectivity index (χ2v) is 8.74. The molecule has 2 amide bonds. The lowest BCUT2D eigenvalue weighted by atomic mass is 10.0. The number of sulfone groups is 1. The zero-order valence-corrected chi connectivity index (χ0v) is 14.9. The highest BCUT2D eigenvalue weighted by Crippen LogP contribution is 2.28. The van der Waals surface area contributed by atoms with Crippen LogP contribution in [0, 0.1) is 0 Å². The van der Waals surface area contributed by atoms with Crippen LogP contribution in [0.5, 0.6) is 5.75 Å². The Bertz CT molecular complexity index is 792. The Morgan fingerprint density at radius 2 is 1.72 bits per heavy atom. The second kappa shape index (κ2) is 6.67. The van der Waals surface area contributed by atoms with Gasteiger partial charge in [0.15, 0.2) is 9.84 Å². The molecule has 8 heteroatoms. The molecule has 3 rings (SSSR count). The molecule has 0 radical (unpaired) electrons. The average molecular weight is 366 g/mol. The Labute approximate surface area is 147 Å². The maximum absolute atomic E-state index is 12.7. The summed E-state index contributed by atoms with van der Waals surface area (Å²) in [6.07, 6.45) is 0.417. The Balaban J connectivity index is 1.80. The Hall–Kier alpha value is -2.09. The molecule has 0 bridgehead atoms. The van der Waals surface area contributed by atoms with Crippen molar-refractivity contribution in [1.82, 2.24) is 9.80 Å². The van der Waals surface area contributed by atoms with E-state index < -0.39 is 21.9 Å². The third kappa shape index (κ3) is 3.63. The summed E-state index contributed by atoms with van der Waals surface area (Å²) in [5.41, 5.74) is 0.675. The normalized spacial score (nSPS) is 24.8. The second-order valence-electron chi connectivity index (χ2n) is 6.59. The first-order chi connectivity index (χ1) is 11.8. The molecule has 2 heterocycles. The van der Waals surface area contributed by atoms with Gasteiger partial charge in [-0.25, -0.2) is 8.42 Å². The summed E-state index contributed by atoms with van der Waals surface area (Å²) in [5, 5.41) is 9.53. The fourth-order valence-electron chi connectivity index (χ4n) is 3.72. The molecule has 2 atom stereocenters. The number of nitrogens with zero attached hydrogens (tertiary/aromatic N) is 2. The number of benzene rings is 1. The smallest absolute Gasteiger partial charge is 0.227 e. The van der Waals surface area contributed by atoms with Crippen molar-refractivity contribution in [3.05, 3.63) is 29.8 Å². The van der Waals surface area contributed by atoms with E-state index in [2.05, 4.69) is 0 Å². The van der Waals surface area contributed by atoms with Gasteiger partial charge >= 0.3 is 0 Å². The average Bonchev–Trinajstić information content (AvgIpc) is 2.87. The maximum atomic E-state index is 12.7. The van der Waals surface area contributed by atoms with Gasteiger partial charge in [-0.05, 0) is 17.7 Å². The first-order valence-electron chi connectivity index (χ1n) is 8.38. The number of piperazine rings is 1. The van der Waals surface area contributed by atoms with Gasteiger partial charge in [-0.2, -0.15) is 0 Å². The first kappa shape index (κ1) is 17.7. The third-order valence-corrected chi connectivity index (χ3v) is 6.58. The molecular formula is C17H22N2O5S. The molecule has 0 unspecified atom stereocenters. The highest BCUT2D eigenvalue weighted by atomic mass is 32.2. The van der Waals surface area contributed by atoms with Crippen LogP contribution in [0.3, 0.4) is 0 Å². The van der Waals surface area contributed by atoms with Crippen molar-refractivity contribution in [3.63, 3.8) is 0 Å². The van der Waals surface area contributed by atoms with Crippen molar-refractivity contribution in [1.29, 1.82) is 0 Å². The fourth-order valence-corrected chi connectivity index (χ4v) is 5.70. The zero-order chi connectivity index (χ0) is 18.2. The van der Waals surface area contributed by atoms with Gasteiger partial charge in [-0.3, -0.25) is 9.59 Å². The molecule has 1 aromatic carbocycles. The van der Waals surface area contributed by atoms with E-state index in [4.69, 9.17) is 0 Å². The number of carbonyl (C=O) groups excluding carboxylic acids is 2. The van der Waals surface area contributed by atoms with Gasteiger partial charge in [0.1, 0.15) is 5.75 Å². The van der Waals surface area contributed by atoms with E-state index >= 15 is 0 Å². The number of phenolic OH excluding ortho intramolecular Hbond substituents is 1. The van der Waals surface area contributed by atoms with Crippen LogP contribution in [0.15, 0.2) is 24.3 Å². The molecule has 2 aliphatic heterocycles. The van der Waals surface area contributed by atoms with Crippen LogP contribution in [-0.2, 0) is 25.8 Å². The zero-order valence-electron chi connectivity index (χ0n) is 14.1. The Kier molecular flexibility index (Phi) is 4.73. The van der Waals surface area contributed by atoms with Crippen LogP contribution in [0.4, 0.5) is 0 Å². The number of amides is 2. The van der Waals surface area contributed by atoms with Crippen molar-refractivity contribution in [2.45, 2.75) is 31.8 Å². The van der Waals surface area contributed by atoms with Gasteiger partial charge in [-0.15, -0.1) is 0 Å². The SMILES string of the molecule is CCC(=O)N1CCN(C(=O)Cc2cccc(O)c2)[C@H]2CS(=O)(=O)C[C@H]21. The molecule has 1 N–H and O–H groups in total. The summed E-state index contributed by atoms with van der Waals surface area (Å²) in [6, 6.07) is 5.52. The minimum atomic E-state index is -3.28. The monoisotopic (exact) mass is 366 g/mol. The number of rotatable bonds is 3. The number of carbonyl (C=O) groups is 2. The van der Waals surface area contributed by atoms with Crippen LogP contribution >= 0.6 is 0 Å². The minimum absolute atomic E-state index is 0.0767. The van der Waals surface area contributed by atoms with Gasteiger partial charge in [0.05, 0.1) is 30.0 Å². The molecule has 1 aromatic rings. The predicted molar refractivity (Wildman–Crippen MR) is 91.8 cm³/mol. The number of hydrogen-bond donors (Lipinski definition) is 1. The van der Waals surface area contributed by atoms with Crippen molar-refractivity contribution in [3.8, 4) is 5.75 Å². The molecule has 2 saturated heterocycles. The molecule has 0 saturated carbocycles. The van der Waals surface area contributed by atoms with Crippen LogP contribution in [0.2, 0.25) is 0 Å². The molecule has 136 valence electrons. The molecule has 0 aromatic heterocycles. The first-order valence-corrected chi connectivity index (χ1v) is 10.2. The third-order valence-electron chi connectivity index (χ3n) is 4.89. The molecule has 0 aliphatic carbocycles. The van der Waals surface area contributed by atoms with Crippen molar-refractivity contribution in [2.24, 2.45) is 0 Å². The van der Waals surface area contributed by atoms with Crippen LogP contribution in [0.25, 0.3) is 0 Å². The summed E-state index contributed by atoms with van der Waals surface area (Å²) < 4.78 is 24.2. The quantitative estimate of drug-likeness (QED) is 0.823. The number of fused-ring (bicyclic) bond motifs is 1. The van der Waals surface area contributed by atoms with Crippen LogP contribution in [0.1, 0.15) is 18.9 Å². The van der Waals surface area contributed by atoms with Crippen molar-refractivity contribution < 1.29 is 23.1 Å². The largest absolute Gasteiger partial charge is 0.508 e. The van der Waals surface area contributed by atoms with E-state index in [1.54, 1.807) is 28.9 Å². The highest BCUT2D eigenvalue weighted by Gasteiger charge is 2.48. The maximum Gasteiger partial charge on any atom is 0.227 e. The molecule has 25 heavy (non-hydrogen) atoms. The summed E-state index contributed by atoms with van der Waals surface area (Å²) in [6.45, 7) is 2.44. The van der Waals surface area contributed by atoms with Gasteiger partial charge in [-0.1, -0.05) is 19.1 Å². The molecule has 2 aliphatic rings. The lowest BCUT2D eigenvalue weighted by Crippen LogP contribution is -2.62. The minimum Gasteiger partial charge on any atom is -0.508 e. The van der Waals surface area contributed by atoms with E-state index in [0.717, 1.165) is 0 Å². The van der Waals surface area contributed by atoms with Crippen molar-refractivity contribution in [2.75, 3.05) is 24.6 Å². The van der Waals surface area contributed by atoms with E-state index in [-0.39, 0.29) is 35.5 Å². The number of phenols is 1. The van der Waals surface area contributed by atoms with Gasteiger partial charge in [0, 0.05) is 19.5 Å². The topological polar surface area (TPSA) is 95.0 Å². The number of hydrogen-bond acceptors (Lipinski definition) is 5. The van der Waals surface area contributed by atoms with Crippen molar-refractivity contribution >= 4 is 21.7 Å². The molecule has 0 spiro atoms. The van der Waals surface area contributed by atoms with Gasteiger partial charge in [0.25, 0.3) is 0 Å². The summed E-state index contributed by atoms with van der Waals surface area (Å²) in [7, 11) is -3.28. The predicted octanol–water partition coefficient (Wildman–Crippen LogP) is 0.181. The summed E-state index contributed by atoms with van der Waals surface area (Å²) in [4.78, 5) is 28.1. The lowest BCUT2D eigenvalue weighted by molar-refractivity contribution is -0.144. The molecular weight excluding hydrogens is 344 g/mol. The summed E-state index contributed by atoms with van der Waals surface area (Å²) in [5.74, 6) is -0.352. The fraction of sp³-hybridized carbons (Fsp3) is 0.529. The van der Waals surface area contributed by atoms with E-state index in [1.165, 1.54) is 12.1 Å². The van der Waals surface area contributed by atoms with Gasteiger partial charge in [0.2, 0.25) is 11.8 Å². The molecule has 7 nitrogen and oxygen atoms in total. The standard InChI is InChI=1S/C17H22N2O5S/c1-2-16(21)18-6-7-19(15-11-25(23,24)10-14(15)18)17(22)9-12-4-3-5-13(20)8-12/h3-5,8,14-15,20H,2,6-7,9-11H2,1H3/t14-,15+/m1/s1. The number of aromatic hydroxyl groups is 1. The van der Waals surface area contributed by atoms with Gasteiger partial charge < -0.3 is 14.9 Å². The van der Waals surface area contributed by atoms with Crippen LogP contribution in [-0.4, -0.2) is 71.8 Å². The highest BCUT2D eigenvalue weighted by molar-refractivity contribution is 7.91. The molecule has 2 fully saturated rings. The lowest BCUT2D eigenvalue weighted by Gasteiger charge is -2.44. The Morgan fingerprint density at radius 1 is 1.12 bits per heavy atom. The van der Waals surface area contributed by atoms with Crippen LogP contribution < -0.4 is 0 Å². The van der Waals surface area contributed by atoms with E-state index in [9.17, 15) is 23.1 Å². The van der Waals surface area contributed by atoms with E-state index in [0.29, 0.717) is 25.1 Å². The van der Waals surface area contributed by atoms with E-state index in [1.807, 2.05) is 0 Å². The Morgan fingerprint density at radius 3 is 2.28 bits per heavy atom. The summed E-state index contributed by atoms with van der Waals surface area (Å²) >= 11 is 0.